The zero-order chi connectivity index (χ0) is 17.1. The number of carboxylic acids is 1. The molecule has 2 heterocycles. The minimum absolute atomic E-state index is 0.0193. The van der Waals surface area contributed by atoms with Crippen LogP contribution in [0.3, 0.4) is 0 Å². The Morgan fingerprint density at radius 2 is 1.83 bits per heavy atom. The van der Waals surface area contributed by atoms with Crippen molar-refractivity contribution in [3.8, 4) is 5.69 Å². The van der Waals surface area contributed by atoms with Crippen molar-refractivity contribution in [3.05, 3.63) is 35.5 Å². The Morgan fingerprint density at radius 1 is 1.12 bits per heavy atom. The topological polar surface area (TPSA) is 74.5 Å². The van der Waals surface area contributed by atoms with Crippen LogP contribution in [0, 0.1) is 0 Å². The predicted molar refractivity (Wildman–Crippen MR) is 92.0 cm³/mol. The van der Waals surface area contributed by atoms with E-state index in [-0.39, 0.29) is 5.69 Å². The van der Waals surface area contributed by atoms with Crippen LogP contribution in [0.15, 0.2) is 24.3 Å². The maximum Gasteiger partial charge on any atom is 0.360 e. The number of likely N-dealkylation sites (N-methyl/N-ethyl adjacent to an activating group) is 1. The van der Waals surface area contributed by atoms with E-state index in [4.69, 9.17) is 0 Å². The van der Waals surface area contributed by atoms with E-state index in [9.17, 15) is 9.90 Å². The highest BCUT2D eigenvalue weighted by atomic mass is 16.4. The van der Waals surface area contributed by atoms with Gasteiger partial charge in [-0.1, -0.05) is 32.0 Å². The average molecular weight is 329 g/mol. The van der Waals surface area contributed by atoms with E-state index in [1.807, 2.05) is 29.2 Å². The number of aromatic nitrogens is 3. The minimum atomic E-state index is -1.04. The fraction of sp³-hybridized carbons (Fsp3) is 0.471. The van der Waals surface area contributed by atoms with Crippen molar-refractivity contribution < 1.29 is 9.90 Å². The first-order chi connectivity index (χ1) is 11.6. The molecular weight excluding hydrogens is 306 g/mol. The Balaban J connectivity index is 1.95. The number of rotatable bonds is 5. The molecule has 0 amide bonds. The van der Waals surface area contributed by atoms with Crippen LogP contribution in [0.4, 0.5) is 5.82 Å². The quantitative estimate of drug-likeness (QED) is 0.899. The number of nitrogens with zero attached hydrogens (tertiary/aromatic N) is 5. The molecule has 0 aliphatic carbocycles. The van der Waals surface area contributed by atoms with Gasteiger partial charge >= 0.3 is 5.97 Å². The number of carbonyl (C=O) groups is 1. The van der Waals surface area contributed by atoms with E-state index in [2.05, 4.69) is 28.9 Å². The molecule has 0 bridgehead atoms. The molecule has 0 spiro atoms. The Morgan fingerprint density at radius 3 is 2.46 bits per heavy atom. The monoisotopic (exact) mass is 329 g/mol. The maximum atomic E-state index is 11.6. The van der Waals surface area contributed by atoms with Crippen molar-refractivity contribution in [1.29, 1.82) is 0 Å². The van der Waals surface area contributed by atoms with E-state index in [0.717, 1.165) is 50.4 Å². The number of benzene rings is 1. The van der Waals surface area contributed by atoms with Crippen molar-refractivity contribution in [1.82, 2.24) is 19.9 Å². The first-order valence-corrected chi connectivity index (χ1v) is 8.40. The molecule has 7 heteroatoms. The normalized spacial score (nSPS) is 15.7. The first-order valence-electron chi connectivity index (χ1n) is 8.40. The van der Waals surface area contributed by atoms with Crippen molar-refractivity contribution in [2.45, 2.75) is 20.3 Å². The smallest absolute Gasteiger partial charge is 0.360 e. The molecule has 2 aromatic rings. The fourth-order valence-electron chi connectivity index (χ4n) is 3.04. The van der Waals surface area contributed by atoms with Gasteiger partial charge in [0.25, 0.3) is 0 Å². The summed E-state index contributed by atoms with van der Waals surface area (Å²) in [6, 6.07) is 7.81. The van der Waals surface area contributed by atoms with Crippen molar-refractivity contribution >= 4 is 11.8 Å². The van der Waals surface area contributed by atoms with Gasteiger partial charge in [-0.3, -0.25) is 0 Å². The number of piperazine rings is 1. The van der Waals surface area contributed by atoms with Crippen molar-refractivity contribution in [2.75, 3.05) is 37.6 Å². The average Bonchev–Trinajstić information content (AvgIpc) is 3.07. The molecule has 1 aliphatic rings. The largest absolute Gasteiger partial charge is 0.476 e. The lowest BCUT2D eigenvalue weighted by Gasteiger charge is -2.34. The summed E-state index contributed by atoms with van der Waals surface area (Å²) in [4.78, 5) is 17.5. The molecule has 1 fully saturated rings. The zero-order valence-electron chi connectivity index (χ0n) is 14.1. The van der Waals surface area contributed by atoms with E-state index >= 15 is 0 Å². The molecule has 0 unspecified atom stereocenters. The molecule has 7 nitrogen and oxygen atoms in total. The van der Waals surface area contributed by atoms with Gasteiger partial charge in [-0.05, 0) is 24.6 Å². The van der Waals surface area contributed by atoms with Gasteiger partial charge in [-0.15, -0.1) is 15.0 Å². The van der Waals surface area contributed by atoms with Gasteiger partial charge in [0.05, 0.1) is 5.69 Å². The van der Waals surface area contributed by atoms with Gasteiger partial charge < -0.3 is 14.9 Å². The van der Waals surface area contributed by atoms with E-state index in [0.29, 0.717) is 5.82 Å². The Labute approximate surface area is 141 Å². The SMILES string of the molecule is CCc1ccccc1-n1nc(C(=O)O)c(N2CCN(CC)CC2)n1. The number of hydrogen-bond donors (Lipinski definition) is 1. The lowest BCUT2D eigenvalue weighted by Crippen LogP contribution is -2.46. The number of aryl methyl sites for hydroxylation is 1. The van der Waals surface area contributed by atoms with Crippen LogP contribution in [0.25, 0.3) is 5.69 Å². The first kappa shape index (κ1) is 16.4. The predicted octanol–water partition coefficient (Wildman–Crippen LogP) is 1.67. The number of hydrogen-bond acceptors (Lipinski definition) is 5. The Bertz CT molecular complexity index is 720. The number of carboxylic acid groups (broad SMARTS) is 1. The molecule has 0 saturated carbocycles. The van der Waals surface area contributed by atoms with Crippen molar-refractivity contribution in [3.63, 3.8) is 0 Å². The fourth-order valence-corrected chi connectivity index (χ4v) is 3.04. The summed E-state index contributed by atoms with van der Waals surface area (Å²) in [5, 5.41) is 18.3. The second-order valence-electron chi connectivity index (χ2n) is 5.87. The Kier molecular flexibility index (Phi) is 4.80. The standard InChI is InChI=1S/C17H23N5O2/c1-3-13-7-5-6-8-14(13)22-18-15(17(23)24)16(19-22)21-11-9-20(4-2)10-12-21/h5-8H,3-4,9-12H2,1-2H3,(H,23,24). The van der Waals surface area contributed by atoms with Gasteiger partial charge in [0.15, 0.2) is 5.82 Å². The third kappa shape index (κ3) is 3.12. The van der Waals surface area contributed by atoms with Gasteiger partial charge in [-0.25, -0.2) is 4.79 Å². The van der Waals surface area contributed by atoms with Gasteiger partial charge in [0, 0.05) is 26.2 Å². The summed E-state index contributed by atoms with van der Waals surface area (Å²) in [6.45, 7) is 8.56. The molecule has 1 saturated heterocycles. The minimum Gasteiger partial charge on any atom is -0.476 e. The zero-order valence-corrected chi connectivity index (χ0v) is 14.1. The van der Waals surface area contributed by atoms with Gasteiger partial charge in [-0.2, -0.15) is 0 Å². The van der Waals surface area contributed by atoms with Crippen LogP contribution < -0.4 is 4.90 Å². The van der Waals surface area contributed by atoms with Crippen molar-refractivity contribution in [2.24, 2.45) is 0 Å². The Hall–Kier alpha value is -2.41. The number of para-hydroxylation sites is 1. The summed E-state index contributed by atoms with van der Waals surface area (Å²) in [5.41, 5.74) is 1.94. The van der Waals surface area contributed by atoms with Crippen LogP contribution in [0.2, 0.25) is 0 Å². The highest BCUT2D eigenvalue weighted by Gasteiger charge is 2.26. The third-order valence-electron chi connectivity index (χ3n) is 4.51. The molecule has 1 aromatic carbocycles. The molecular formula is C17H23N5O2. The van der Waals surface area contributed by atoms with Crippen LogP contribution >= 0.6 is 0 Å². The van der Waals surface area contributed by atoms with E-state index in [1.165, 1.54) is 4.80 Å². The van der Waals surface area contributed by atoms with Crippen LogP contribution in [0.1, 0.15) is 29.9 Å². The van der Waals surface area contributed by atoms with E-state index < -0.39 is 5.97 Å². The van der Waals surface area contributed by atoms with E-state index in [1.54, 1.807) is 0 Å². The summed E-state index contributed by atoms with van der Waals surface area (Å²) in [7, 11) is 0. The second kappa shape index (κ2) is 7.00. The van der Waals surface area contributed by atoms with Crippen LogP contribution in [-0.2, 0) is 6.42 Å². The summed E-state index contributed by atoms with van der Waals surface area (Å²) in [6.07, 6.45) is 0.838. The summed E-state index contributed by atoms with van der Waals surface area (Å²) in [5.74, 6) is -0.577. The highest BCUT2D eigenvalue weighted by Crippen LogP contribution is 2.21. The van der Waals surface area contributed by atoms with Gasteiger partial charge in [0.2, 0.25) is 5.69 Å². The summed E-state index contributed by atoms with van der Waals surface area (Å²) >= 11 is 0. The number of anilines is 1. The lowest BCUT2D eigenvalue weighted by atomic mass is 10.1. The highest BCUT2D eigenvalue weighted by molar-refractivity contribution is 5.91. The molecule has 3 rings (SSSR count). The second-order valence-corrected chi connectivity index (χ2v) is 5.87. The molecule has 1 aliphatic heterocycles. The van der Waals surface area contributed by atoms with Crippen LogP contribution in [0.5, 0.6) is 0 Å². The third-order valence-corrected chi connectivity index (χ3v) is 4.51. The lowest BCUT2D eigenvalue weighted by molar-refractivity contribution is 0.0690. The molecule has 128 valence electrons. The summed E-state index contributed by atoms with van der Waals surface area (Å²) < 4.78 is 0. The molecule has 1 N–H and O–H groups in total. The van der Waals surface area contributed by atoms with Crippen LogP contribution in [-0.4, -0.2) is 63.7 Å². The van der Waals surface area contributed by atoms with Gasteiger partial charge in [0.1, 0.15) is 0 Å². The number of aromatic carboxylic acids is 1. The molecule has 0 radical (unpaired) electrons. The molecule has 1 aromatic heterocycles. The molecule has 24 heavy (non-hydrogen) atoms. The maximum absolute atomic E-state index is 11.6. The molecule has 0 atom stereocenters.